The minimum atomic E-state index is 0.0745. The highest BCUT2D eigenvalue weighted by atomic mass is 16.1. The number of aromatic nitrogens is 2. The van der Waals surface area contributed by atoms with E-state index in [-0.39, 0.29) is 5.91 Å². The molecule has 1 aromatic heterocycles. The van der Waals surface area contributed by atoms with Gasteiger partial charge in [-0.25, -0.2) is 9.97 Å². The Labute approximate surface area is 167 Å². The SMILES string of the molecule is O=C(CC1CCCCC1)Nc1cc(N2CCN(c3ccccc3)CC2)ncn1. The lowest BCUT2D eigenvalue weighted by Gasteiger charge is -2.36. The quantitative estimate of drug-likeness (QED) is 0.858. The van der Waals surface area contributed by atoms with E-state index in [4.69, 9.17) is 0 Å². The number of rotatable bonds is 5. The summed E-state index contributed by atoms with van der Waals surface area (Å²) in [6, 6.07) is 12.4. The van der Waals surface area contributed by atoms with Crippen molar-refractivity contribution in [2.75, 3.05) is 41.3 Å². The first kappa shape index (κ1) is 18.7. The molecule has 0 radical (unpaired) electrons. The summed E-state index contributed by atoms with van der Waals surface area (Å²) >= 11 is 0. The lowest BCUT2D eigenvalue weighted by molar-refractivity contribution is -0.117. The summed E-state index contributed by atoms with van der Waals surface area (Å²) in [7, 11) is 0. The summed E-state index contributed by atoms with van der Waals surface area (Å²) in [6.45, 7) is 3.72. The highest BCUT2D eigenvalue weighted by Crippen LogP contribution is 2.27. The van der Waals surface area contributed by atoms with Gasteiger partial charge in [0.25, 0.3) is 0 Å². The first-order valence-corrected chi connectivity index (χ1v) is 10.4. The molecule has 1 saturated heterocycles. The lowest BCUT2D eigenvalue weighted by atomic mass is 9.87. The highest BCUT2D eigenvalue weighted by Gasteiger charge is 2.20. The molecule has 1 aromatic carbocycles. The monoisotopic (exact) mass is 379 g/mol. The Hall–Kier alpha value is -2.63. The van der Waals surface area contributed by atoms with E-state index >= 15 is 0 Å². The normalized spacial score (nSPS) is 18.1. The van der Waals surface area contributed by atoms with Gasteiger partial charge >= 0.3 is 0 Å². The topological polar surface area (TPSA) is 61.4 Å². The van der Waals surface area contributed by atoms with Crippen LogP contribution in [0.2, 0.25) is 0 Å². The fraction of sp³-hybridized carbons (Fsp3) is 0.500. The third kappa shape index (κ3) is 4.80. The molecule has 0 spiro atoms. The van der Waals surface area contributed by atoms with Crippen LogP contribution in [0.1, 0.15) is 38.5 Å². The molecule has 6 heteroatoms. The van der Waals surface area contributed by atoms with Crippen LogP contribution in [0.4, 0.5) is 17.3 Å². The molecule has 28 heavy (non-hydrogen) atoms. The minimum Gasteiger partial charge on any atom is -0.368 e. The number of carbonyl (C=O) groups is 1. The van der Waals surface area contributed by atoms with Crippen LogP contribution in [0.3, 0.4) is 0 Å². The van der Waals surface area contributed by atoms with E-state index in [1.165, 1.54) is 37.8 Å². The molecule has 1 saturated carbocycles. The fourth-order valence-electron chi connectivity index (χ4n) is 4.27. The largest absolute Gasteiger partial charge is 0.368 e. The van der Waals surface area contributed by atoms with Gasteiger partial charge in [-0.05, 0) is 30.9 Å². The molecule has 0 atom stereocenters. The smallest absolute Gasteiger partial charge is 0.225 e. The number of nitrogens with one attached hydrogen (secondary N) is 1. The standard InChI is InChI=1S/C22H29N5O/c28-22(15-18-7-3-1-4-8-18)25-20-16-21(24-17-23-20)27-13-11-26(12-14-27)19-9-5-2-6-10-19/h2,5-6,9-10,16-18H,1,3-4,7-8,11-15H2,(H,23,24,25,28). The Bertz CT molecular complexity index is 768. The maximum Gasteiger partial charge on any atom is 0.225 e. The molecule has 2 fully saturated rings. The van der Waals surface area contributed by atoms with E-state index in [1.807, 2.05) is 12.1 Å². The second kappa shape index (κ2) is 9.04. The second-order valence-electron chi connectivity index (χ2n) is 7.83. The molecule has 0 unspecified atom stereocenters. The summed E-state index contributed by atoms with van der Waals surface area (Å²) in [5.41, 5.74) is 1.26. The van der Waals surface area contributed by atoms with Gasteiger partial charge in [0.15, 0.2) is 0 Å². The zero-order chi connectivity index (χ0) is 19.2. The average molecular weight is 380 g/mol. The maximum absolute atomic E-state index is 12.4. The molecule has 2 aromatic rings. The highest BCUT2D eigenvalue weighted by molar-refractivity contribution is 5.90. The van der Waals surface area contributed by atoms with Crippen molar-refractivity contribution in [1.29, 1.82) is 0 Å². The van der Waals surface area contributed by atoms with E-state index in [1.54, 1.807) is 6.33 Å². The first-order valence-electron chi connectivity index (χ1n) is 10.4. The number of carbonyl (C=O) groups excluding carboxylic acids is 1. The number of hydrogen-bond donors (Lipinski definition) is 1. The van der Waals surface area contributed by atoms with E-state index in [2.05, 4.69) is 49.4 Å². The van der Waals surface area contributed by atoms with Crippen molar-refractivity contribution in [1.82, 2.24) is 9.97 Å². The third-order valence-electron chi connectivity index (χ3n) is 5.84. The first-order chi connectivity index (χ1) is 13.8. The second-order valence-corrected chi connectivity index (χ2v) is 7.83. The molecule has 0 bridgehead atoms. The fourth-order valence-corrected chi connectivity index (χ4v) is 4.27. The van der Waals surface area contributed by atoms with Gasteiger partial charge in [-0.2, -0.15) is 0 Å². The molecule has 148 valence electrons. The molecule has 2 aliphatic rings. The van der Waals surface area contributed by atoms with Gasteiger partial charge in [0.2, 0.25) is 5.91 Å². The number of anilines is 3. The van der Waals surface area contributed by atoms with E-state index in [0.29, 0.717) is 18.2 Å². The summed E-state index contributed by atoms with van der Waals surface area (Å²) in [5, 5.41) is 2.98. The van der Waals surface area contributed by atoms with Gasteiger partial charge in [0, 0.05) is 44.4 Å². The van der Waals surface area contributed by atoms with Crippen LogP contribution in [0, 0.1) is 5.92 Å². The summed E-state index contributed by atoms with van der Waals surface area (Å²) < 4.78 is 0. The molecule has 1 aliphatic carbocycles. The number of amides is 1. The summed E-state index contributed by atoms with van der Waals surface area (Å²) in [4.78, 5) is 25.7. The van der Waals surface area contributed by atoms with Crippen molar-refractivity contribution >= 4 is 23.2 Å². The molecule has 1 aliphatic heterocycles. The van der Waals surface area contributed by atoms with Gasteiger partial charge in [-0.15, -0.1) is 0 Å². The van der Waals surface area contributed by atoms with Crippen molar-refractivity contribution in [3.8, 4) is 0 Å². The Morgan fingerprint density at radius 3 is 2.43 bits per heavy atom. The van der Waals surface area contributed by atoms with Gasteiger partial charge in [0.1, 0.15) is 18.0 Å². The number of para-hydroxylation sites is 1. The Morgan fingerprint density at radius 1 is 0.964 bits per heavy atom. The van der Waals surface area contributed by atoms with E-state index in [9.17, 15) is 4.79 Å². The van der Waals surface area contributed by atoms with Crippen molar-refractivity contribution in [3.63, 3.8) is 0 Å². The van der Waals surface area contributed by atoms with Crippen LogP contribution >= 0.6 is 0 Å². The number of nitrogens with zero attached hydrogens (tertiary/aromatic N) is 4. The van der Waals surface area contributed by atoms with Crippen LogP contribution in [0.25, 0.3) is 0 Å². The van der Waals surface area contributed by atoms with Crippen molar-refractivity contribution < 1.29 is 4.79 Å². The number of hydrogen-bond acceptors (Lipinski definition) is 5. The zero-order valence-corrected chi connectivity index (χ0v) is 16.4. The van der Waals surface area contributed by atoms with Gasteiger partial charge in [-0.3, -0.25) is 4.79 Å². The van der Waals surface area contributed by atoms with Crippen LogP contribution in [-0.2, 0) is 4.79 Å². The van der Waals surface area contributed by atoms with Gasteiger partial charge in [0.05, 0.1) is 0 Å². The zero-order valence-electron chi connectivity index (χ0n) is 16.4. The lowest BCUT2D eigenvalue weighted by Crippen LogP contribution is -2.46. The van der Waals surface area contributed by atoms with Crippen molar-refractivity contribution in [3.05, 3.63) is 42.7 Å². The number of benzene rings is 1. The predicted octanol–water partition coefficient (Wildman–Crippen LogP) is 3.71. The molecule has 6 nitrogen and oxygen atoms in total. The molecule has 1 N–H and O–H groups in total. The van der Waals surface area contributed by atoms with Gasteiger partial charge in [-0.1, -0.05) is 37.5 Å². The molecule has 2 heterocycles. The van der Waals surface area contributed by atoms with Crippen LogP contribution in [0.15, 0.2) is 42.7 Å². The molecule has 1 amide bonds. The van der Waals surface area contributed by atoms with Gasteiger partial charge < -0.3 is 15.1 Å². The van der Waals surface area contributed by atoms with Crippen molar-refractivity contribution in [2.45, 2.75) is 38.5 Å². The van der Waals surface area contributed by atoms with Crippen LogP contribution < -0.4 is 15.1 Å². The third-order valence-corrected chi connectivity index (χ3v) is 5.84. The summed E-state index contributed by atoms with van der Waals surface area (Å²) in [5.74, 6) is 2.10. The van der Waals surface area contributed by atoms with E-state index < -0.39 is 0 Å². The molecular formula is C22H29N5O. The molecule has 4 rings (SSSR count). The predicted molar refractivity (Wildman–Crippen MR) is 113 cm³/mol. The Kier molecular flexibility index (Phi) is 6.04. The molecular weight excluding hydrogens is 350 g/mol. The number of piperazine rings is 1. The van der Waals surface area contributed by atoms with Crippen LogP contribution in [-0.4, -0.2) is 42.1 Å². The summed E-state index contributed by atoms with van der Waals surface area (Å²) in [6.07, 6.45) is 8.33. The Morgan fingerprint density at radius 2 is 1.68 bits per heavy atom. The van der Waals surface area contributed by atoms with Crippen LogP contribution in [0.5, 0.6) is 0 Å². The Balaban J connectivity index is 1.32. The van der Waals surface area contributed by atoms with E-state index in [0.717, 1.165) is 32.0 Å². The van der Waals surface area contributed by atoms with Crippen molar-refractivity contribution in [2.24, 2.45) is 5.92 Å². The maximum atomic E-state index is 12.4. The minimum absolute atomic E-state index is 0.0745. The average Bonchev–Trinajstić information content (AvgIpc) is 2.75.